The number of ether oxygens (including phenoxy) is 4. The molecule has 4 nitrogen and oxygen atoms in total. The Morgan fingerprint density at radius 2 is 1.16 bits per heavy atom. The van der Waals surface area contributed by atoms with Crippen LogP contribution in [0.5, 0.6) is 0 Å². The van der Waals surface area contributed by atoms with Crippen molar-refractivity contribution in [2.24, 2.45) is 0 Å². The fourth-order valence-corrected chi connectivity index (χ4v) is 4.31. The minimum atomic E-state index is -0.446. The molecule has 2 fully saturated rings. The molecule has 1 spiro atoms. The standard InChI is InChI=1S/C25H32O4.2HI.V/c1-3-9-21(10-4-1)17-26-19-23-13-7-15-25(28-23)16-8-14-24(29-25)20-27-18-22-11-5-2-6-12-22;;;/h1-6,9-12,23-24H,7-8,13-20H2;2*1H;/q;;;+2/p-2. The summed E-state index contributed by atoms with van der Waals surface area (Å²) >= 11 is 4.74. The van der Waals surface area contributed by atoms with Gasteiger partial charge in [0.1, 0.15) is 0 Å². The zero-order valence-electron chi connectivity index (χ0n) is 18.3. The van der Waals surface area contributed by atoms with Gasteiger partial charge >= 0.3 is 49.4 Å². The second-order valence-electron chi connectivity index (χ2n) is 8.24. The molecule has 175 valence electrons. The van der Waals surface area contributed by atoms with Crippen LogP contribution >= 0.6 is 40.0 Å². The number of halogens is 2. The summed E-state index contributed by atoms with van der Waals surface area (Å²) in [4.78, 5) is 0. The second-order valence-corrected chi connectivity index (χ2v) is 20.0. The van der Waals surface area contributed by atoms with Gasteiger partial charge in [-0.1, -0.05) is 60.7 Å². The fourth-order valence-electron chi connectivity index (χ4n) is 4.31. The van der Waals surface area contributed by atoms with E-state index in [2.05, 4.69) is 64.2 Å². The maximum Gasteiger partial charge on any atom is 0.169 e. The topological polar surface area (TPSA) is 36.9 Å². The van der Waals surface area contributed by atoms with Crippen molar-refractivity contribution in [2.75, 3.05) is 13.2 Å². The largest absolute Gasteiger partial charge is 0.374 e. The molecule has 32 heavy (non-hydrogen) atoms. The van der Waals surface area contributed by atoms with Crippen LogP contribution in [0.4, 0.5) is 0 Å². The van der Waals surface area contributed by atoms with Crippen molar-refractivity contribution in [3.63, 3.8) is 0 Å². The Morgan fingerprint density at radius 3 is 1.56 bits per heavy atom. The predicted molar refractivity (Wildman–Crippen MR) is 140 cm³/mol. The molecular formula is C25H32I2O4V. The summed E-state index contributed by atoms with van der Waals surface area (Å²) in [5.74, 6) is -0.446. The van der Waals surface area contributed by atoms with Crippen molar-refractivity contribution in [3.8, 4) is 0 Å². The van der Waals surface area contributed by atoms with Crippen LogP contribution in [0.1, 0.15) is 49.7 Å². The van der Waals surface area contributed by atoms with Gasteiger partial charge in [-0.3, -0.25) is 0 Å². The van der Waals surface area contributed by atoms with Gasteiger partial charge in [0.25, 0.3) is 0 Å². The van der Waals surface area contributed by atoms with Crippen LogP contribution in [0.2, 0.25) is 0 Å². The molecule has 0 amide bonds. The Morgan fingerprint density at radius 1 is 0.750 bits per heavy atom. The first-order chi connectivity index (χ1) is 15.7. The number of benzene rings is 2. The minimum Gasteiger partial charge on any atom is -0.374 e. The molecule has 2 heterocycles. The van der Waals surface area contributed by atoms with Gasteiger partial charge in [0, 0.05) is 12.8 Å². The van der Waals surface area contributed by atoms with Crippen molar-refractivity contribution >= 4 is 40.0 Å². The van der Waals surface area contributed by atoms with E-state index in [9.17, 15) is 0 Å². The van der Waals surface area contributed by atoms with E-state index >= 15 is 0 Å². The van der Waals surface area contributed by atoms with Crippen LogP contribution in [-0.2, 0) is 41.6 Å². The molecule has 2 unspecified atom stereocenters. The van der Waals surface area contributed by atoms with Crippen LogP contribution < -0.4 is 0 Å². The molecule has 2 aliphatic rings. The van der Waals surface area contributed by atoms with Gasteiger partial charge in [0.05, 0.1) is 38.6 Å². The van der Waals surface area contributed by atoms with Crippen LogP contribution in [-0.4, -0.2) is 31.2 Å². The fraction of sp³-hybridized carbons (Fsp3) is 0.520. The van der Waals surface area contributed by atoms with Gasteiger partial charge in [-0.15, -0.1) is 0 Å². The molecule has 0 N–H and O–H groups in total. The third kappa shape index (κ3) is 9.52. The first kappa shape index (κ1) is 26.9. The Labute approximate surface area is 221 Å². The quantitative estimate of drug-likeness (QED) is 0.278. The Balaban J connectivity index is 0.000000913. The van der Waals surface area contributed by atoms with Crippen molar-refractivity contribution in [1.29, 1.82) is 0 Å². The van der Waals surface area contributed by atoms with E-state index in [-0.39, 0.29) is 12.2 Å². The van der Waals surface area contributed by atoms with Crippen molar-refractivity contribution in [1.82, 2.24) is 0 Å². The number of rotatable bonds is 8. The Kier molecular flexibility index (Phi) is 12.9. The summed E-state index contributed by atoms with van der Waals surface area (Å²) in [7, 11) is 0.628. The summed E-state index contributed by atoms with van der Waals surface area (Å²) < 4.78 is 24.7. The van der Waals surface area contributed by atoms with E-state index in [0.29, 0.717) is 35.9 Å². The zero-order valence-corrected chi connectivity index (χ0v) is 24.0. The summed E-state index contributed by atoms with van der Waals surface area (Å²) in [6.45, 7) is 2.50. The van der Waals surface area contributed by atoms with E-state index in [1.54, 1.807) is 0 Å². The first-order valence-corrected chi connectivity index (χ1v) is 20.3. The molecule has 0 saturated carbocycles. The number of hydrogen-bond donors (Lipinski definition) is 0. The molecule has 2 saturated heterocycles. The molecule has 2 aromatic carbocycles. The van der Waals surface area contributed by atoms with Gasteiger partial charge < -0.3 is 18.9 Å². The van der Waals surface area contributed by atoms with E-state index < -0.39 is 5.79 Å². The SMILES string of the molecule is [I][V][I].c1ccc(COCC2CCCC3(CCCC(COCc4ccccc4)O3)O2)cc1. The van der Waals surface area contributed by atoms with Gasteiger partial charge in [0.15, 0.2) is 5.79 Å². The predicted octanol–water partition coefficient (Wildman–Crippen LogP) is 7.02. The molecule has 7 heteroatoms. The molecule has 0 aliphatic carbocycles. The summed E-state index contributed by atoms with van der Waals surface area (Å²) in [6, 6.07) is 20.6. The second kappa shape index (κ2) is 15.3. The van der Waals surface area contributed by atoms with Crippen LogP contribution in [0.15, 0.2) is 60.7 Å². The maximum atomic E-state index is 6.44. The Bertz CT molecular complexity index is 687. The van der Waals surface area contributed by atoms with Crippen molar-refractivity contribution in [2.45, 2.75) is 69.7 Å². The van der Waals surface area contributed by atoms with Gasteiger partial charge in [-0.2, -0.15) is 0 Å². The smallest absolute Gasteiger partial charge is 0.169 e. The minimum absolute atomic E-state index is 0.108. The molecule has 2 aliphatic heterocycles. The average molecular weight is 701 g/mol. The van der Waals surface area contributed by atoms with E-state index in [0.717, 1.165) is 38.5 Å². The summed E-state index contributed by atoms with van der Waals surface area (Å²) in [5, 5.41) is 0. The van der Waals surface area contributed by atoms with Crippen LogP contribution in [0, 0.1) is 0 Å². The first-order valence-electron chi connectivity index (χ1n) is 11.2. The van der Waals surface area contributed by atoms with E-state index in [1.807, 2.05) is 36.4 Å². The molecule has 2 aromatic rings. The van der Waals surface area contributed by atoms with Gasteiger partial charge in [0.2, 0.25) is 0 Å². The molecular weight excluding hydrogens is 669 g/mol. The average Bonchev–Trinajstić information content (AvgIpc) is 2.81. The van der Waals surface area contributed by atoms with Crippen molar-refractivity contribution in [3.05, 3.63) is 71.8 Å². The molecule has 0 aromatic heterocycles. The monoisotopic (exact) mass is 701 g/mol. The van der Waals surface area contributed by atoms with Crippen LogP contribution in [0.3, 0.4) is 0 Å². The normalized spacial score (nSPS) is 25.1. The summed E-state index contributed by atoms with van der Waals surface area (Å²) in [6.07, 6.45) is 6.47. The molecule has 0 bridgehead atoms. The van der Waals surface area contributed by atoms with Crippen molar-refractivity contribution < 1.29 is 28.4 Å². The molecule has 2 atom stereocenters. The number of hydrogen-bond acceptors (Lipinski definition) is 4. The molecule has 4 rings (SSSR count). The zero-order chi connectivity index (χ0) is 22.5. The van der Waals surface area contributed by atoms with Crippen LogP contribution in [0.25, 0.3) is 0 Å². The Hall–Kier alpha value is 0.324. The third-order valence-corrected chi connectivity index (χ3v) is 5.76. The van der Waals surface area contributed by atoms with E-state index in [4.69, 9.17) is 18.9 Å². The molecule has 0 radical (unpaired) electrons. The maximum absolute atomic E-state index is 6.44. The van der Waals surface area contributed by atoms with Gasteiger partial charge in [-0.05, 0) is 36.8 Å². The summed E-state index contributed by atoms with van der Waals surface area (Å²) in [5.41, 5.74) is 2.39. The third-order valence-electron chi connectivity index (χ3n) is 5.76. The van der Waals surface area contributed by atoms with E-state index in [1.165, 1.54) is 11.1 Å². The van der Waals surface area contributed by atoms with Gasteiger partial charge in [-0.25, -0.2) is 0 Å².